The van der Waals surface area contributed by atoms with Gasteiger partial charge in [-0.25, -0.2) is 5.12 Å². The SMILES string of the molecule is CN(F)c1ccccc1Cc1ccccc1. The summed E-state index contributed by atoms with van der Waals surface area (Å²) in [4.78, 5) is 0. The highest BCUT2D eigenvalue weighted by atomic mass is 19.2. The van der Waals surface area contributed by atoms with Crippen molar-refractivity contribution < 1.29 is 4.48 Å². The van der Waals surface area contributed by atoms with Gasteiger partial charge in [-0.05, 0) is 23.6 Å². The molecule has 0 aliphatic carbocycles. The second kappa shape index (κ2) is 4.79. The topological polar surface area (TPSA) is 3.24 Å². The predicted octanol–water partition coefficient (Wildman–Crippen LogP) is 3.60. The molecule has 0 unspecified atom stereocenters. The zero-order valence-corrected chi connectivity index (χ0v) is 9.23. The van der Waals surface area contributed by atoms with Crippen molar-refractivity contribution in [2.24, 2.45) is 0 Å². The predicted molar refractivity (Wildman–Crippen MR) is 65.2 cm³/mol. The fourth-order valence-corrected chi connectivity index (χ4v) is 1.78. The van der Waals surface area contributed by atoms with Crippen LogP contribution >= 0.6 is 0 Å². The zero-order valence-electron chi connectivity index (χ0n) is 9.23. The average molecular weight is 215 g/mol. The molecule has 0 atom stereocenters. The first-order valence-electron chi connectivity index (χ1n) is 5.28. The van der Waals surface area contributed by atoms with Gasteiger partial charge >= 0.3 is 0 Å². The molecule has 0 fully saturated rings. The highest BCUT2D eigenvalue weighted by molar-refractivity contribution is 5.52. The summed E-state index contributed by atoms with van der Waals surface area (Å²) in [6.45, 7) is 0. The molecule has 0 N–H and O–H groups in total. The van der Waals surface area contributed by atoms with Crippen LogP contribution in [0.3, 0.4) is 0 Å². The van der Waals surface area contributed by atoms with Crippen LogP contribution in [0.4, 0.5) is 10.2 Å². The molecule has 0 saturated heterocycles. The number of rotatable bonds is 3. The highest BCUT2D eigenvalue weighted by Crippen LogP contribution is 2.22. The number of halogens is 1. The zero-order chi connectivity index (χ0) is 11.4. The molecule has 0 bridgehead atoms. The minimum atomic E-state index is 0.631. The average Bonchev–Trinajstić information content (AvgIpc) is 2.31. The third-order valence-electron chi connectivity index (χ3n) is 2.56. The summed E-state index contributed by atoms with van der Waals surface area (Å²) in [5, 5.41) is 0.665. The van der Waals surface area contributed by atoms with E-state index in [9.17, 15) is 4.48 Å². The van der Waals surface area contributed by atoms with Gasteiger partial charge in [0.2, 0.25) is 0 Å². The van der Waals surface area contributed by atoms with E-state index in [0.717, 1.165) is 12.0 Å². The summed E-state index contributed by atoms with van der Waals surface area (Å²) < 4.78 is 13.2. The third-order valence-corrected chi connectivity index (χ3v) is 2.56. The van der Waals surface area contributed by atoms with Gasteiger partial charge in [-0.3, -0.25) is 0 Å². The molecule has 0 spiro atoms. The summed E-state index contributed by atoms with van der Waals surface area (Å²) in [7, 11) is 1.42. The van der Waals surface area contributed by atoms with E-state index in [1.807, 2.05) is 36.4 Å². The lowest BCUT2D eigenvalue weighted by Crippen LogP contribution is -2.06. The first-order valence-corrected chi connectivity index (χ1v) is 5.28. The normalized spacial score (nSPS) is 10.1. The second-order valence-electron chi connectivity index (χ2n) is 3.77. The first-order chi connectivity index (χ1) is 7.77. The standard InChI is InChI=1S/C14H14FN/c1-16(15)14-10-6-5-9-13(14)11-12-7-3-2-4-8-12/h2-10H,11H2,1H3. The Morgan fingerprint density at radius 2 is 1.56 bits per heavy atom. The van der Waals surface area contributed by atoms with Crippen LogP contribution in [-0.2, 0) is 6.42 Å². The van der Waals surface area contributed by atoms with Crippen LogP contribution in [0.15, 0.2) is 54.6 Å². The van der Waals surface area contributed by atoms with E-state index in [1.54, 1.807) is 6.07 Å². The quantitative estimate of drug-likeness (QED) is 0.707. The first kappa shape index (κ1) is 10.7. The van der Waals surface area contributed by atoms with Crippen molar-refractivity contribution in [2.75, 3.05) is 12.2 Å². The van der Waals surface area contributed by atoms with Gasteiger partial charge in [0.25, 0.3) is 0 Å². The number of benzene rings is 2. The Morgan fingerprint density at radius 1 is 0.938 bits per heavy atom. The van der Waals surface area contributed by atoms with Crippen LogP contribution in [0.2, 0.25) is 0 Å². The number of hydrogen-bond donors (Lipinski definition) is 0. The molecular formula is C14H14FN. The van der Waals surface area contributed by atoms with Crippen LogP contribution in [0.25, 0.3) is 0 Å². The molecule has 1 nitrogen and oxygen atoms in total. The Balaban J connectivity index is 2.28. The van der Waals surface area contributed by atoms with Crippen molar-refractivity contribution in [3.05, 3.63) is 65.7 Å². The Kier molecular flexibility index (Phi) is 3.20. The molecule has 2 heteroatoms. The van der Waals surface area contributed by atoms with Crippen LogP contribution in [0.5, 0.6) is 0 Å². The van der Waals surface area contributed by atoms with Crippen molar-refractivity contribution in [3.63, 3.8) is 0 Å². The fraction of sp³-hybridized carbons (Fsp3) is 0.143. The van der Waals surface area contributed by atoms with Gasteiger partial charge in [-0.1, -0.05) is 48.5 Å². The molecule has 0 saturated carbocycles. The van der Waals surface area contributed by atoms with Gasteiger partial charge in [0, 0.05) is 7.05 Å². The molecule has 82 valence electrons. The van der Waals surface area contributed by atoms with Crippen molar-refractivity contribution in [3.8, 4) is 0 Å². The molecule has 0 aromatic heterocycles. The summed E-state index contributed by atoms with van der Waals surface area (Å²) >= 11 is 0. The van der Waals surface area contributed by atoms with E-state index in [0.29, 0.717) is 10.8 Å². The molecule has 0 heterocycles. The highest BCUT2D eigenvalue weighted by Gasteiger charge is 2.06. The monoisotopic (exact) mass is 215 g/mol. The van der Waals surface area contributed by atoms with E-state index in [1.165, 1.54) is 12.6 Å². The van der Waals surface area contributed by atoms with Gasteiger partial charge in [0.15, 0.2) is 0 Å². The third kappa shape index (κ3) is 2.40. The minimum Gasteiger partial charge on any atom is -0.215 e. The summed E-state index contributed by atoms with van der Waals surface area (Å²) in [5.74, 6) is 0. The lowest BCUT2D eigenvalue weighted by Gasteiger charge is -2.12. The molecule has 0 radical (unpaired) electrons. The van der Waals surface area contributed by atoms with Crippen molar-refractivity contribution in [2.45, 2.75) is 6.42 Å². The molecule has 0 aliphatic rings. The van der Waals surface area contributed by atoms with Crippen LogP contribution in [-0.4, -0.2) is 7.05 Å². The smallest absolute Gasteiger partial charge is 0.0719 e. The van der Waals surface area contributed by atoms with Gasteiger partial charge in [-0.2, -0.15) is 0 Å². The maximum Gasteiger partial charge on any atom is 0.0719 e. The molecule has 2 aromatic rings. The van der Waals surface area contributed by atoms with E-state index < -0.39 is 0 Å². The molecule has 0 amide bonds. The lowest BCUT2D eigenvalue weighted by molar-refractivity contribution is 0.474. The maximum absolute atomic E-state index is 13.2. The second-order valence-corrected chi connectivity index (χ2v) is 3.77. The van der Waals surface area contributed by atoms with Gasteiger partial charge in [0.1, 0.15) is 0 Å². The number of nitrogens with zero attached hydrogens (tertiary/aromatic N) is 1. The van der Waals surface area contributed by atoms with E-state index >= 15 is 0 Å². The van der Waals surface area contributed by atoms with Crippen LogP contribution in [0.1, 0.15) is 11.1 Å². The number of anilines is 1. The van der Waals surface area contributed by atoms with E-state index in [4.69, 9.17) is 0 Å². The Labute approximate surface area is 95.1 Å². The van der Waals surface area contributed by atoms with E-state index in [2.05, 4.69) is 12.1 Å². The summed E-state index contributed by atoms with van der Waals surface area (Å²) in [6, 6.07) is 17.6. The molecule has 2 rings (SSSR count). The molecular weight excluding hydrogens is 201 g/mol. The number of hydrogen-bond acceptors (Lipinski definition) is 1. The van der Waals surface area contributed by atoms with Gasteiger partial charge in [0.05, 0.1) is 5.69 Å². The van der Waals surface area contributed by atoms with Crippen molar-refractivity contribution >= 4 is 5.69 Å². The van der Waals surface area contributed by atoms with Crippen molar-refractivity contribution in [1.82, 2.24) is 0 Å². The largest absolute Gasteiger partial charge is 0.215 e. The van der Waals surface area contributed by atoms with Gasteiger partial charge in [-0.15, -0.1) is 4.48 Å². The fourth-order valence-electron chi connectivity index (χ4n) is 1.78. The van der Waals surface area contributed by atoms with Crippen LogP contribution < -0.4 is 5.12 Å². The van der Waals surface area contributed by atoms with E-state index in [-0.39, 0.29) is 0 Å². The Bertz CT molecular complexity index is 451. The lowest BCUT2D eigenvalue weighted by atomic mass is 10.0. The summed E-state index contributed by atoms with van der Waals surface area (Å²) in [5.41, 5.74) is 2.82. The molecule has 0 aliphatic heterocycles. The van der Waals surface area contributed by atoms with Crippen LogP contribution in [0, 0.1) is 0 Å². The molecule has 2 aromatic carbocycles. The van der Waals surface area contributed by atoms with Gasteiger partial charge < -0.3 is 0 Å². The Hall–Kier alpha value is -1.83. The summed E-state index contributed by atoms with van der Waals surface area (Å²) in [6.07, 6.45) is 0.755. The molecule has 16 heavy (non-hydrogen) atoms. The van der Waals surface area contributed by atoms with Crippen molar-refractivity contribution in [1.29, 1.82) is 0 Å². The minimum absolute atomic E-state index is 0.631. The number of para-hydroxylation sites is 1. The Morgan fingerprint density at radius 3 is 2.25 bits per heavy atom. The maximum atomic E-state index is 13.2.